The monoisotopic (exact) mass is 314 g/mol. The molecule has 0 saturated heterocycles. The summed E-state index contributed by atoms with van der Waals surface area (Å²) >= 11 is 0. The van der Waals surface area contributed by atoms with Crippen LogP contribution in [-0.4, -0.2) is 24.0 Å². The SMILES string of the molecule is CC(C)[C@@](C)(C#N)NC(=O)COC(=O)c1ccc2c(c1)CCC2. The summed E-state index contributed by atoms with van der Waals surface area (Å²) in [4.78, 5) is 24.0. The lowest BCUT2D eigenvalue weighted by Gasteiger charge is -2.27. The van der Waals surface area contributed by atoms with E-state index in [-0.39, 0.29) is 12.5 Å². The fourth-order valence-corrected chi connectivity index (χ4v) is 2.54. The molecule has 1 aliphatic rings. The third-order valence-corrected chi connectivity index (χ3v) is 4.45. The maximum Gasteiger partial charge on any atom is 0.338 e. The number of fused-ring (bicyclic) bond motifs is 1. The molecule has 0 fully saturated rings. The molecule has 0 aliphatic heterocycles. The van der Waals surface area contributed by atoms with Gasteiger partial charge in [-0.05, 0) is 55.4 Å². The van der Waals surface area contributed by atoms with Crippen LogP contribution >= 0.6 is 0 Å². The maximum atomic E-state index is 12.1. The molecule has 0 aromatic heterocycles. The van der Waals surface area contributed by atoms with E-state index in [4.69, 9.17) is 4.74 Å². The van der Waals surface area contributed by atoms with Gasteiger partial charge in [-0.2, -0.15) is 5.26 Å². The predicted octanol–water partition coefficient (Wildman–Crippen LogP) is 2.39. The normalized spacial score (nSPS) is 15.4. The summed E-state index contributed by atoms with van der Waals surface area (Å²) in [6.45, 7) is 4.96. The first-order valence-corrected chi connectivity index (χ1v) is 7.87. The first-order valence-electron chi connectivity index (χ1n) is 7.87. The van der Waals surface area contributed by atoms with Crippen LogP contribution < -0.4 is 5.32 Å². The summed E-state index contributed by atoms with van der Waals surface area (Å²) in [5, 5.41) is 11.8. The number of aryl methyl sites for hydroxylation is 2. The third-order valence-electron chi connectivity index (χ3n) is 4.45. The molecule has 0 bridgehead atoms. The Balaban J connectivity index is 1.92. The minimum absolute atomic E-state index is 0.0520. The molecule has 5 heteroatoms. The van der Waals surface area contributed by atoms with Crippen LogP contribution in [0, 0.1) is 17.2 Å². The van der Waals surface area contributed by atoms with Crippen molar-refractivity contribution in [2.75, 3.05) is 6.61 Å². The Bertz CT molecular complexity index is 661. The average Bonchev–Trinajstić information content (AvgIpc) is 2.99. The topological polar surface area (TPSA) is 79.2 Å². The lowest BCUT2D eigenvalue weighted by Crippen LogP contribution is -2.50. The van der Waals surface area contributed by atoms with Gasteiger partial charge in [0.25, 0.3) is 5.91 Å². The molecule has 0 saturated carbocycles. The van der Waals surface area contributed by atoms with Gasteiger partial charge in [-0.25, -0.2) is 4.79 Å². The van der Waals surface area contributed by atoms with Gasteiger partial charge in [0.2, 0.25) is 0 Å². The molecule has 1 aliphatic carbocycles. The van der Waals surface area contributed by atoms with Crippen molar-refractivity contribution in [3.05, 3.63) is 34.9 Å². The highest BCUT2D eigenvalue weighted by Crippen LogP contribution is 2.23. The van der Waals surface area contributed by atoms with E-state index in [9.17, 15) is 14.9 Å². The van der Waals surface area contributed by atoms with Gasteiger partial charge >= 0.3 is 5.97 Å². The number of nitriles is 1. The second kappa shape index (κ2) is 6.82. The lowest BCUT2D eigenvalue weighted by molar-refractivity contribution is -0.125. The first-order chi connectivity index (χ1) is 10.9. The summed E-state index contributed by atoms with van der Waals surface area (Å²) in [6, 6.07) is 7.61. The fraction of sp³-hybridized carbons (Fsp3) is 0.500. The molecule has 0 heterocycles. The van der Waals surface area contributed by atoms with E-state index in [2.05, 4.69) is 11.4 Å². The van der Waals surface area contributed by atoms with Crippen molar-refractivity contribution in [1.82, 2.24) is 5.32 Å². The van der Waals surface area contributed by atoms with Crippen molar-refractivity contribution >= 4 is 11.9 Å². The van der Waals surface area contributed by atoms with Crippen molar-refractivity contribution in [1.29, 1.82) is 5.26 Å². The summed E-state index contributed by atoms with van der Waals surface area (Å²) in [5.41, 5.74) is 1.95. The summed E-state index contributed by atoms with van der Waals surface area (Å²) in [5.74, 6) is -1.04. The quantitative estimate of drug-likeness (QED) is 0.846. The van der Waals surface area contributed by atoms with Crippen molar-refractivity contribution in [2.45, 2.75) is 45.6 Å². The van der Waals surface area contributed by atoms with E-state index in [1.165, 1.54) is 11.1 Å². The van der Waals surface area contributed by atoms with Crippen LogP contribution in [-0.2, 0) is 22.4 Å². The number of nitrogens with zero attached hydrogens (tertiary/aromatic N) is 1. The number of hydrogen-bond donors (Lipinski definition) is 1. The van der Waals surface area contributed by atoms with Crippen molar-refractivity contribution in [3.63, 3.8) is 0 Å². The number of esters is 1. The smallest absolute Gasteiger partial charge is 0.338 e. The Hall–Kier alpha value is -2.35. The van der Waals surface area contributed by atoms with Gasteiger partial charge in [0.1, 0.15) is 5.54 Å². The molecule has 1 N–H and O–H groups in total. The molecule has 0 radical (unpaired) electrons. The Morgan fingerprint density at radius 3 is 2.70 bits per heavy atom. The number of nitrogens with one attached hydrogen (secondary N) is 1. The zero-order valence-corrected chi connectivity index (χ0v) is 13.8. The lowest BCUT2D eigenvalue weighted by atomic mass is 9.90. The molecule has 1 atom stereocenters. The van der Waals surface area contributed by atoms with E-state index in [0.717, 1.165) is 19.3 Å². The number of hydrogen-bond acceptors (Lipinski definition) is 4. The number of ether oxygens (including phenoxy) is 1. The molecule has 0 spiro atoms. The van der Waals surface area contributed by atoms with E-state index in [0.29, 0.717) is 5.56 Å². The molecule has 1 amide bonds. The van der Waals surface area contributed by atoms with E-state index >= 15 is 0 Å². The highest BCUT2D eigenvalue weighted by molar-refractivity contribution is 5.91. The van der Waals surface area contributed by atoms with Gasteiger partial charge in [0, 0.05) is 0 Å². The van der Waals surface area contributed by atoms with Gasteiger partial charge in [0.15, 0.2) is 6.61 Å². The number of benzene rings is 1. The Kier molecular flexibility index (Phi) is 5.05. The van der Waals surface area contributed by atoms with Crippen LogP contribution in [0.15, 0.2) is 18.2 Å². The number of amides is 1. The third kappa shape index (κ3) is 3.89. The predicted molar refractivity (Wildman–Crippen MR) is 85.7 cm³/mol. The van der Waals surface area contributed by atoms with Crippen molar-refractivity contribution < 1.29 is 14.3 Å². The second-order valence-electron chi connectivity index (χ2n) is 6.43. The number of rotatable bonds is 5. The molecular formula is C18H22N2O3. The summed E-state index contributed by atoms with van der Waals surface area (Å²) in [7, 11) is 0. The van der Waals surface area contributed by atoms with E-state index in [1.807, 2.05) is 26.0 Å². The first kappa shape index (κ1) is 17.0. The van der Waals surface area contributed by atoms with Crippen LogP contribution in [0.5, 0.6) is 0 Å². The zero-order chi connectivity index (χ0) is 17.0. The largest absolute Gasteiger partial charge is 0.452 e. The molecule has 122 valence electrons. The molecule has 1 aromatic carbocycles. The highest BCUT2D eigenvalue weighted by Gasteiger charge is 2.30. The van der Waals surface area contributed by atoms with Crippen molar-refractivity contribution in [2.24, 2.45) is 5.92 Å². The minimum atomic E-state index is -0.975. The van der Waals surface area contributed by atoms with Crippen LogP contribution in [0.4, 0.5) is 0 Å². The van der Waals surface area contributed by atoms with Gasteiger partial charge in [-0.15, -0.1) is 0 Å². The highest BCUT2D eigenvalue weighted by atomic mass is 16.5. The Morgan fingerprint density at radius 2 is 2.04 bits per heavy atom. The minimum Gasteiger partial charge on any atom is -0.452 e. The van der Waals surface area contributed by atoms with E-state index < -0.39 is 17.4 Å². The molecular weight excluding hydrogens is 292 g/mol. The fourth-order valence-electron chi connectivity index (χ4n) is 2.54. The van der Waals surface area contributed by atoms with E-state index in [1.54, 1.807) is 13.0 Å². The molecule has 2 rings (SSSR count). The molecule has 23 heavy (non-hydrogen) atoms. The van der Waals surface area contributed by atoms with Crippen LogP contribution in [0.2, 0.25) is 0 Å². The Morgan fingerprint density at radius 1 is 1.35 bits per heavy atom. The van der Waals surface area contributed by atoms with Gasteiger partial charge in [-0.1, -0.05) is 19.9 Å². The number of carbonyl (C=O) groups excluding carboxylic acids is 2. The second-order valence-corrected chi connectivity index (χ2v) is 6.43. The average molecular weight is 314 g/mol. The molecule has 5 nitrogen and oxygen atoms in total. The maximum absolute atomic E-state index is 12.1. The van der Waals surface area contributed by atoms with Crippen LogP contribution in [0.1, 0.15) is 48.7 Å². The van der Waals surface area contributed by atoms with Gasteiger partial charge < -0.3 is 10.1 Å². The molecule has 0 unspecified atom stereocenters. The molecule has 1 aromatic rings. The Labute approximate surface area is 136 Å². The summed E-state index contributed by atoms with van der Waals surface area (Å²) < 4.78 is 5.06. The standard InChI is InChI=1S/C18H22N2O3/c1-12(2)18(3,11-19)20-16(21)10-23-17(22)15-8-7-13-5-4-6-14(13)9-15/h7-9,12H,4-6,10H2,1-3H3,(H,20,21)/t18-/m1/s1. The van der Waals surface area contributed by atoms with Crippen LogP contribution in [0.25, 0.3) is 0 Å². The van der Waals surface area contributed by atoms with Crippen LogP contribution in [0.3, 0.4) is 0 Å². The number of carbonyl (C=O) groups is 2. The van der Waals surface area contributed by atoms with Crippen molar-refractivity contribution in [3.8, 4) is 6.07 Å². The van der Waals surface area contributed by atoms with Gasteiger partial charge in [-0.3, -0.25) is 4.79 Å². The summed E-state index contributed by atoms with van der Waals surface area (Å²) in [6.07, 6.45) is 3.14. The van der Waals surface area contributed by atoms with Gasteiger partial charge in [0.05, 0.1) is 11.6 Å². The zero-order valence-electron chi connectivity index (χ0n) is 13.8.